The molecule has 1 aromatic heterocycles. The van der Waals surface area contributed by atoms with E-state index < -0.39 is 0 Å². The Labute approximate surface area is 144 Å². The molecule has 1 fully saturated rings. The summed E-state index contributed by atoms with van der Waals surface area (Å²) in [5.74, 6) is 1.40. The Morgan fingerprint density at radius 2 is 2.17 bits per heavy atom. The van der Waals surface area contributed by atoms with E-state index in [1.807, 2.05) is 13.0 Å². The van der Waals surface area contributed by atoms with Gasteiger partial charge in [-0.05, 0) is 52.3 Å². The number of nitrogens with one attached hydrogen (secondary N) is 1. The number of hydrogen-bond acceptors (Lipinski definition) is 3. The SMILES string of the molecule is CCNC(=O)[C@@H]1CCCN(Cc2nc3ccccc3n2C(C)C)C1. The van der Waals surface area contributed by atoms with Crippen LogP contribution in [-0.4, -0.2) is 40.0 Å². The molecular formula is C19H28N4O. The maximum Gasteiger partial charge on any atom is 0.224 e. The van der Waals surface area contributed by atoms with E-state index in [4.69, 9.17) is 4.98 Å². The largest absolute Gasteiger partial charge is 0.356 e. The third kappa shape index (κ3) is 3.46. The normalized spacial score (nSPS) is 19.1. The molecule has 24 heavy (non-hydrogen) atoms. The number of carbonyl (C=O) groups is 1. The minimum Gasteiger partial charge on any atom is -0.356 e. The number of rotatable bonds is 5. The molecule has 1 atom stereocenters. The van der Waals surface area contributed by atoms with E-state index in [-0.39, 0.29) is 11.8 Å². The number of aromatic nitrogens is 2. The lowest BCUT2D eigenvalue weighted by atomic mass is 9.97. The van der Waals surface area contributed by atoms with E-state index in [2.05, 4.69) is 46.8 Å². The van der Waals surface area contributed by atoms with Gasteiger partial charge in [0.15, 0.2) is 0 Å². The van der Waals surface area contributed by atoms with Crippen molar-refractivity contribution < 1.29 is 4.79 Å². The summed E-state index contributed by atoms with van der Waals surface area (Å²) >= 11 is 0. The number of amides is 1. The molecule has 0 aliphatic carbocycles. The van der Waals surface area contributed by atoms with Crippen LogP contribution in [0.15, 0.2) is 24.3 Å². The first-order chi connectivity index (χ1) is 11.6. The van der Waals surface area contributed by atoms with Crippen molar-refractivity contribution >= 4 is 16.9 Å². The third-order valence-electron chi connectivity index (χ3n) is 4.78. The number of carbonyl (C=O) groups excluding carboxylic acids is 1. The molecule has 2 heterocycles. The summed E-state index contributed by atoms with van der Waals surface area (Å²) in [6, 6.07) is 8.69. The van der Waals surface area contributed by atoms with E-state index in [0.29, 0.717) is 12.6 Å². The lowest BCUT2D eigenvalue weighted by Crippen LogP contribution is -2.43. The minimum atomic E-state index is 0.107. The fourth-order valence-corrected chi connectivity index (χ4v) is 3.71. The van der Waals surface area contributed by atoms with Gasteiger partial charge in [-0.25, -0.2) is 4.98 Å². The van der Waals surface area contributed by atoms with E-state index in [9.17, 15) is 4.79 Å². The summed E-state index contributed by atoms with van der Waals surface area (Å²) in [5.41, 5.74) is 2.25. The van der Waals surface area contributed by atoms with Crippen molar-refractivity contribution in [1.29, 1.82) is 0 Å². The van der Waals surface area contributed by atoms with Crippen LogP contribution in [0.1, 0.15) is 45.5 Å². The number of nitrogens with zero attached hydrogens (tertiary/aromatic N) is 3. The smallest absolute Gasteiger partial charge is 0.224 e. The quantitative estimate of drug-likeness (QED) is 0.918. The highest BCUT2D eigenvalue weighted by Gasteiger charge is 2.26. The number of hydrogen-bond donors (Lipinski definition) is 1. The zero-order valence-electron chi connectivity index (χ0n) is 15.0. The van der Waals surface area contributed by atoms with Crippen molar-refractivity contribution in [3.8, 4) is 0 Å². The summed E-state index contributed by atoms with van der Waals surface area (Å²) < 4.78 is 2.32. The van der Waals surface area contributed by atoms with E-state index in [1.54, 1.807) is 0 Å². The molecule has 0 radical (unpaired) electrons. The van der Waals surface area contributed by atoms with Gasteiger partial charge in [-0.2, -0.15) is 0 Å². The van der Waals surface area contributed by atoms with Crippen LogP contribution < -0.4 is 5.32 Å². The number of benzene rings is 1. The van der Waals surface area contributed by atoms with Crippen LogP contribution in [-0.2, 0) is 11.3 Å². The second kappa shape index (κ2) is 7.34. The first-order valence-corrected chi connectivity index (χ1v) is 9.06. The Bertz CT molecular complexity index is 706. The molecule has 0 saturated carbocycles. The van der Waals surface area contributed by atoms with Crippen LogP contribution in [0, 0.1) is 5.92 Å². The van der Waals surface area contributed by atoms with E-state index in [0.717, 1.165) is 43.8 Å². The first kappa shape index (κ1) is 17.0. The van der Waals surface area contributed by atoms with Crippen molar-refractivity contribution in [3.63, 3.8) is 0 Å². The summed E-state index contributed by atoms with van der Waals surface area (Å²) in [7, 11) is 0. The van der Waals surface area contributed by atoms with Gasteiger partial charge in [0.2, 0.25) is 5.91 Å². The Hall–Kier alpha value is -1.88. The van der Waals surface area contributed by atoms with Crippen molar-refractivity contribution in [1.82, 2.24) is 19.8 Å². The zero-order valence-corrected chi connectivity index (χ0v) is 15.0. The standard InChI is InChI=1S/C19H28N4O/c1-4-20-19(24)15-8-7-11-22(12-15)13-18-21-16-9-5-6-10-17(16)23(18)14(2)3/h5-6,9-10,14-15H,4,7-8,11-13H2,1-3H3,(H,20,24)/t15-/m1/s1. The minimum absolute atomic E-state index is 0.107. The van der Waals surface area contributed by atoms with Crippen molar-refractivity contribution in [2.75, 3.05) is 19.6 Å². The van der Waals surface area contributed by atoms with Gasteiger partial charge in [0.25, 0.3) is 0 Å². The van der Waals surface area contributed by atoms with Gasteiger partial charge in [0, 0.05) is 19.1 Å². The molecule has 1 saturated heterocycles. The lowest BCUT2D eigenvalue weighted by molar-refractivity contribution is -0.126. The number of imidazole rings is 1. The molecule has 1 aromatic carbocycles. The third-order valence-corrected chi connectivity index (χ3v) is 4.78. The number of para-hydroxylation sites is 2. The van der Waals surface area contributed by atoms with Gasteiger partial charge in [-0.15, -0.1) is 0 Å². The van der Waals surface area contributed by atoms with Crippen LogP contribution in [0.25, 0.3) is 11.0 Å². The fraction of sp³-hybridized carbons (Fsp3) is 0.579. The molecule has 1 aliphatic heterocycles. The number of piperidine rings is 1. The molecule has 5 heteroatoms. The van der Waals surface area contributed by atoms with Crippen LogP contribution in [0.2, 0.25) is 0 Å². The van der Waals surface area contributed by atoms with E-state index >= 15 is 0 Å². The van der Waals surface area contributed by atoms with Crippen molar-refractivity contribution in [3.05, 3.63) is 30.1 Å². The highest BCUT2D eigenvalue weighted by atomic mass is 16.1. The van der Waals surface area contributed by atoms with Crippen LogP contribution in [0.3, 0.4) is 0 Å². The highest BCUT2D eigenvalue weighted by molar-refractivity contribution is 5.79. The Balaban J connectivity index is 1.79. The van der Waals surface area contributed by atoms with Crippen LogP contribution >= 0.6 is 0 Å². The molecule has 3 rings (SSSR count). The predicted octanol–water partition coefficient (Wildman–Crippen LogP) is 2.97. The van der Waals surface area contributed by atoms with Gasteiger partial charge in [-0.3, -0.25) is 9.69 Å². The molecule has 1 amide bonds. The molecule has 130 valence electrons. The predicted molar refractivity (Wildman–Crippen MR) is 96.8 cm³/mol. The van der Waals surface area contributed by atoms with Gasteiger partial charge in [0.05, 0.1) is 23.5 Å². The molecule has 0 unspecified atom stereocenters. The average Bonchev–Trinajstić information content (AvgIpc) is 2.93. The zero-order chi connectivity index (χ0) is 17.1. The van der Waals surface area contributed by atoms with Gasteiger partial charge >= 0.3 is 0 Å². The molecule has 0 spiro atoms. The van der Waals surface area contributed by atoms with Crippen molar-refractivity contribution in [2.24, 2.45) is 5.92 Å². The number of likely N-dealkylation sites (tertiary alicyclic amines) is 1. The molecule has 1 N–H and O–H groups in total. The van der Waals surface area contributed by atoms with E-state index in [1.165, 1.54) is 5.52 Å². The lowest BCUT2D eigenvalue weighted by Gasteiger charge is -2.32. The summed E-state index contributed by atoms with van der Waals surface area (Å²) in [4.78, 5) is 19.4. The Morgan fingerprint density at radius 3 is 2.92 bits per heavy atom. The summed E-state index contributed by atoms with van der Waals surface area (Å²) in [6.07, 6.45) is 2.06. The monoisotopic (exact) mass is 328 g/mol. The van der Waals surface area contributed by atoms with Gasteiger partial charge in [-0.1, -0.05) is 12.1 Å². The van der Waals surface area contributed by atoms with Crippen LogP contribution in [0.4, 0.5) is 0 Å². The van der Waals surface area contributed by atoms with Crippen molar-refractivity contribution in [2.45, 2.75) is 46.2 Å². The van der Waals surface area contributed by atoms with Gasteiger partial charge in [0.1, 0.15) is 5.82 Å². The molecule has 5 nitrogen and oxygen atoms in total. The maximum absolute atomic E-state index is 12.2. The molecule has 1 aliphatic rings. The maximum atomic E-state index is 12.2. The fourth-order valence-electron chi connectivity index (χ4n) is 3.71. The molecule has 0 bridgehead atoms. The highest BCUT2D eigenvalue weighted by Crippen LogP contribution is 2.24. The van der Waals surface area contributed by atoms with Gasteiger partial charge < -0.3 is 9.88 Å². The average molecular weight is 328 g/mol. The second-order valence-corrected chi connectivity index (χ2v) is 6.95. The Kier molecular flexibility index (Phi) is 5.19. The topological polar surface area (TPSA) is 50.2 Å². The van der Waals surface area contributed by atoms with Crippen LogP contribution in [0.5, 0.6) is 0 Å². The number of fused-ring (bicyclic) bond motifs is 1. The summed E-state index contributed by atoms with van der Waals surface area (Å²) in [5, 5.41) is 2.96. The summed E-state index contributed by atoms with van der Waals surface area (Å²) in [6.45, 7) is 9.76. The molecular weight excluding hydrogens is 300 g/mol. The second-order valence-electron chi connectivity index (χ2n) is 6.95. The molecule has 2 aromatic rings. The Morgan fingerprint density at radius 1 is 1.38 bits per heavy atom. The first-order valence-electron chi connectivity index (χ1n) is 9.06.